The Labute approximate surface area is 145 Å². The standard InChI is InChI=1S/C19H19N3O3/c1-24-18(23)14-6-8-15(9-7-14)25-13-12-22-17-5-3-2-4-16(17)21-11-10-20-19(21)22/h2-9H,10-13H2,1H3/p+1. The molecule has 0 spiro atoms. The minimum absolute atomic E-state index is 0.343. The molecule has 0 fully saturated rings. The SMILES string of the molecule is COC(=O)c1ccc(OCCn2c3[n+](c4ccccc42)CCN3)cc1. The van der Waals surface area contributed by atoms with Crippen molar-refractivity contribution in [1.82, 2.24) is 4.57 Å². The van der Waals surface area contributed by atoms with E-state index in [0.29, 0.717) is 12.2 Å². The Bertz CT molecular complexity index is 916. The highest BCUT2D eigenvalue weighted by Crippen LogP contribution is 2.20. The van der Waals surface area contributed by atoms with Gasteiger partial charge in [-0.3, -0.25) is 5.32 Å². The van der Waals surface area contributed by atoms with E-state index in [9.17, 15) is 4.79 Å². The molecule has 0 bridgehead atoms. The summed E-state index contributed by atoms with van der Waals surface area (Å²) in [5, 5.41) is 3.45. The molecule has 0 saturated heterocycles. The first kappa shape index (κ1) is 15.5. The van der Waals surface area contributed by atoms with Crippen LogP contribution in [0.3, 0.4) is 0 Å². The largest absolute Gasteiger partial charge is 0.490 e. The van der Waals surface area contributed by atoms with Gasteiger partial charge in [0.2, 0.25) is 0 Å². The summed E-state index contributed by atoms with van der Waals surface area (Å²) in [4.78, 5) is 11.5. The zero-order valence-electron chi connectivity index (χ0n) is 14.1. The number of nitrogens with zero attached hydrogens (tertiary/aromatic N) is 2. The van der Waals surface area contributed by atoms with Gasteiger partial charge in [-0.1, -0.05) is 12.1 Å². The van der Waals surface area contributed by atoms with Gasteiger partial charge in [-0.15, -0.1) is 0 Å². The highest BCUT2D eigenvalue weighted by atomic mass is 16.5. The lowest BCUT2D eigenvalue weighted by molar-refractivity contribution is -0.644. The van der Waals surface area contributed by atoms with Crippen molar-refractivity contribution in [2.45, 2.75) is 13.1 Å². The molecule has 6 nitrogen and oxygen atoms in total. The maximum atomic E-state index is 11.5. The number of ether oxygens (including phenoxy) is 2. The van der Waals surface area contributed by atoms with E-state index in [0.717, 1.165) is 31.3 Å². The van der Waals surface area contributed by atoms with Gasteiger partial charge in [0, 0.05) is 0 Å². The Morgan fingerprint density at radius 3 is 2.80 bits per heavy atom. The fourth-order valence-corrected chi connectivity index (χ4v) is 3.28. The fourth-order valence-electron chi connectivity index (χ4n) is 3.28. The van der Waals surface area contributed by atoms with Crippen molar-refractivity contribution in [3.05, 3.63) is 54.1 Å². The highest BCUT2D eigenvalue weighted by molar-refractivity contribution is 5.89. The average Bonchev–Trinajstić information content (AvgIpc) is 3.24. The highest BCUT2D eigenvalue weighted by Gasteiger charge is 2.27. The zero-order chi connectivity index (χ0) is 17.2. The number of benzene rings is 2. The monoisotopic (exact) mass is 338 g/mol. The minimum Gasteiger partial charge on any atom is -0.490 e. The first-order valence-electron chi connectivity index (χ1n) is 8.34. The van der Waals surface area contributed by atoms with Crippen LogP contribution >= 0.6 is 0 Å². The maximum Gasteiger partial charge on any atom is 0.358 e. The van der Waals surface area contributed by atoms with Crippen LogP contribution in [0.2, 0.25) is 0 Å². The summed E-state index contributed by atoms with van der Waals surface area (Å²) in [6.07, 6.45) is 0. The molecule has 0 atom stereocenters. The lowest BCUT2D eigenvalue weighted by Crippen LogP contribution is -2.29. The van der Waals surface area contributed by atoms with E-state index in [1.54, 1.807) is 24.3 Å². The summed E-state index contributed by atoms with van der Waals surface area (Å²) in [7, 11) is 1.37. The number of para-hydroxylation sites is 2. The molecule has 2 aromatic carbocycles. The maximum absolute atomic E-state index is 11.5. The first-order chi connectivity index (χ1) is 12.3. The predicted molar refractivity (Wildman–Crippen MR) is 93.9 cm³/mol. The molecule has 0 aliphatic carbocycles. The van der Waals surface area contributed by atoms with E-state index >= 15 is 0 Å². The molecule has 128 valence electrons. The molecule has 0 amide bonds. The van der Waals surface area contributed by atoms with Gasteiger partial charge in [-0.25, -0.2) is 13.9 Å². The molecule has 0 radical (unpaired) electrons. The molecule has 2 heterocycles. The number of aromatic nitrogens is 2. The normalized spacial score (nSPS) is 12.7. The molecule has 4 rings (SSSR count). The predicted octanol–water partition coefficient (Wildman–Crippen LogP) is 2.22. The van der Waals surface area contributed by atoms with Gasteiger partial charge in [-0.2, -0.15) is 0 Å². The number of carbonyl (C=O) groups is 1. The fraction of sp³-hybridized carbons (Fsp3) is 0.263. The molecule has 1 aliphatic rings. The Morgan fingerprint density at radius 2 is 2.00 bits per heavy atom. The number of imidazole rings is 1. The summed E-state index contributed by atoms with van der Waals surface area (Å²) < 4.78 is 15.1. The second-order valence-corrected chi connectivity index (χ2v) is 5.91. The van der Waals surface area contributed by atoms with Gasteiger partial charge >= 0.3 is 11.9 Å². The van der Waals surface area contributed by atoms with Crippen LogP contribution in [0.15, 0.2) is 48.5 Å². The van der Waals surface area contributed by atoms with Crippen LogP contribution in [0.1, 0.15) is 10.4 Å². The van der Waals surface area contributed by atoms with Crippen molar-refractivity contribution >= 4 is 23.0 Å². The van der Waals surface area contributed by atoms with E-state index in [1.165, 1.54) is 18.1 Å². The molecule has 6 heteroatoms. The number of nitrogens with one attached hydrogen (secondary N) is 1. The lowest BCUT2D eigenvalue weighted by atomic mass is 10.2. The number of rotatable bonds is 5. The second-order valence-electron chi connectivity index (χ2n) is 5.91. The van der Waals surface area contributed by atoms with E-state index in [-0.39, 0.29) is 5.97 Å². The number of anilines is 1. The van der Waals surface area contributed by atoms with Crippen LogP contribution in [-0.4, -0.2) is 30.8 Å². The number of hydrogen-bond donors (Lipinski definition) is 1. The third-order valence-electron chi connectivity index (χ3n) is 4.45. The quantitative estimate of drug-likeness (QED) is 0.572. The summed E-state index contributed by atoms with van der Waals surface area (Å²) in [6, 6.07) is 15.4. The smallest absolute Gasteiger partial charge is 0.358 e. The third-order valence-corrected chi connectivity index (χ3v) is 4.45. The first-order valence-corrected chi connectivity index (χ1v) is 8.34. The zero-order valence-corrected chi connectivity index (χ0v) is 14.1. The van der Waals surface area contributed by atoms with Crippen molar-refractivity contribution in [1.29, 1.82) is 0 Å². The number of carbonyl (C=O) groups excluding carboxylic acids is 1. The number of methoxy groups -OCH3 is 1. The minimum atomic E-state index is -0.343. The van der Waals surface area contributed by atoms with Crippen LogP contribution in [0, 0.1) is 0 Å². The third kappa shape index (κ3) is 2.80. The molecule has 25 heavy (non-hydrogen) atoms. The van der Waals surface area contributed by atoms with E-state index in [4.69, 9.17) is 9.47 Å². The molecule has 0 unspecified atom stereocenters. The van der Waals surface area contributed by atoms with Gasteiger partial charge < -0.3 is 9.47 Å². The molecule has 1 aromatic heterocycles. The van der Waals surface area contributed by atoms with Gasteiger partial charge in [0.25, 0.3) is 0 Å². The van der Waals surface area contributed by atoms with E-state index < -0.39 is 0 Å². The van der Waals surface area contributed by atoms with Gasteiger partial charge in [0.05, 0.1) is 19.2 Å². The second kappa shape index (κ2) is 6.47. The number of esters is 1. The van der Waals surface area contributed by atoms with Gasteiger partial charge in [0.15, 0.2) is 0 Å². The van der Waals surface area contributed by atoms with E-state index in [1.807, 2.05) is 0 Å². The van der Waals surface area contributed by atoms with Crippen LogP contribution < -0.4 is 14.6 Å². The molecule has 1 N–H and O–H groups in total. The number of hydrogen-bond acceptors (Lipinski definition) is 4. The van der Waals surface area contributed by atoms with Crippen LogP contribution in [0.25, 0.3) is 11.0 Å². The molecular weight excluding hydrogens is 318 g/mol. The Morgan fingerprint density at radius 1 is 1.20 bits per heavy atom. The van der Waals surface area contributed by atoms with Crippen molar-refractivity contribution < 1.29 is 18.8 Å². The topological polar surface area (TPSA) is 56.4 Å². The Kier molecular flexibility index (Phi) is 4.01. The lowest BCUT2D eigenvalue weighted by Gasteiger charge is -2.07. The summed E-state index contributed by atoms with van der Waals surface area (Å²) in [5.41, 5.74) is 2.96. The Balaban J connectivity index is 1.47. The molecule has 0 saturated carbocycles. The van der Waals surface area contributed by atoms with Crippen molar-refractivity contribution in [3.63, 3.8) is 0 Å². The summed E-state index contributed by atoms with van der Waals surface area (Å²) in [5.74, 6) is 1.52. The Hall–Kier alpha value is -3.02. The van der Waals surface area contributed by atoms with Crippen molar-refractivity contribution in [3.8, 4) is 5.75 Å². The number of fused-ring (bicyclic) bond motifs is 3. The average molecular weight is 338 g/mol. The molecule has 3 aromatic rings. The van der Waals surface area contributed by atoms with Crippen LogP contribution in [0.4, 0.5) is 5.95 Å². The van der Waals surface area contributed by atoms with Crippen LogP contribution in [0.5, 0.6) is 5.75 Å². The molecule has 1 aliphatic heterocycles. The van der Waals surface area contributed by atoms with Crippen molar-refractivity contribution in [2.75, 3.05) is 25.6 Å². The summed E-state index contributed by atoms with van der Waals surface area (Å²) >= 11 is 0. The van der Waals surface area contributed by atoms with E-state index in [2.05, 4.69) is 38.7 Å². The summed E-state index contributed by atoms with van der Waals surface area (Å²) in [6.45, 7) is 3.23. The van der Waals surface area contributed by atoms with Crippen molar-refractivity contribution in [2.24, 2.45) is 0 Å². The molecular formula is C19H20N3O3+. The van der Waals surface area contributed by atoms with Gasteiger partial charge in [0.1, 0.15) is 36.5 Å². The van der Waals surface area contributed by atoms with Crippen LogP contribution in [-0.2, 0) is 17.8 Å². The van der Waals surface area contributed by atoms with Gasteiger partial charge in [-0.05, 0) is 36.4 Å².